The van der Waals surface area contributed by atoms with Gasteiger partial charge in [0.2, 0.25) is 12.0 Å². The van der Waals surface area contributed by atoms with Gasteiger partial charge >= 0.3 is 35.9 Å². The van der Waals surface area contributed by atoms with Crippen molar-refractivity contribution in [3.05, 3.63) is 94.6 Å². The number of nitrogens with one attached hydrogen (secondary N) is 2. The molecule has 2 amide bonds. The third-order valence-corrected chi connectivity index (χ3v) is 24.3. The molecule has 96 heavy (non-hydrogen) atoms. The number of aliphatic hydroxyl groups excluding tert-OH is 2. The largest absolute Gasteiger partial charge is 0.461 e. The Hall–Kier alpha value is -6.48. The Morgan fingerprint density at radius 1 is 0.812 bits per heavy atom. The fourth-order valence-corrected chi connectivity index (χ4v) is 19.3. The van der Waals surface area contributed by atoms with E-state index < -0.39 is 150 Å². The molecule has 0 spiro atoms. The van der Waals surface area contributed by atoms with E-state index in [9.17, 15) is 44.1 Å². The first-order valence-electron chi connectivity index (χ1n) is 35.1. The molecule has 5 saturated carbocycles. The minimum Gasteiger partial charge on any atom is -0.461 e. The van der Waals surface area contributed by atoms with Gasteiger partial charge in [-0.3, -0.25) is 24.0 Å². The van der Waals surface area contributed by atoms with Crippen molar-refractivity contribution in [3.63, 3.8) is 0 Å². The molecule has 0 aromatic heterocycles. The van der Waals surface area contributed by atoms with E-state index in [1.807, 2.05) is 0 Å². The maximum absolute atomic E-state index is 15.4. The summed E-state index contributed by atoms with van der Waals surface area (Å²) in [6.07, 6.45) is 0.959. The molecule has 0 radical (unpaired) electrons. The summed E-state index contributed by atoms with van der Waals surface area (Å²) in [6.45, 7) is 23.3. The normalized spacial score (nSPS) is 35.1. The van der Waals surface area contributed by atoms with Gasteiger partial charge in [0.25, 0.3) is 0 Å². The van der Waals surface area contributed by atoms with Crippen LogP contribution in [0.2, 0.25) is 0 Å². The standard InChI is InChI=1S/C76H104N2O18/c1-42(2)21-20-22-43(3)51-29-30-52-50-28-27-48-37-49(33-35-72(48,11)53(50)34-36-73(51,52)12)91-59(83)40-77-57(81)31-32-58(82)93-63(61(46-23-16-14-17-24-46)78-69(88)96-70(6,7)8)68(87)92-54-39-76(89)66(94-67(86)47-25-18-15-19-26-47)64-74(13,65(85)62(84)60(44(54)4)71(76,9)10)55(80)38-56-75(64,41-90-56)95-45(5)79/h14-19,23-27,42-43,49-56,61-64,66,80,84,89H,20-22,28-41H2,1-13H3,(H,77,81)(H,78,88)/t43-,49+,50?,51-,52?,53?,54+,55+,56-,61+,62-,63-,64+,66+,72+,73-,74-,75+,76-/m1/s1. The van der Waals surface area contributed by atoms with E-state index in [-0.39, 0.29) is 46.8 Å². The first-order chi connectivity index (χ1) is 45.1. The molecule has 5 N–H and O–H groups in total. The summed E-state index contributed by atoms with van der Waals surface area (Å²) in [5.41, 5.74) is -7.26. The first-order valence-corrected chi connectivity index (χ1v) is 35.1. The fourth-order valence-electron chi connectivity index (χ4n) is 19.3. The van der Waals surface area contributed by atoms with Crippen LogP contribution in [0.1, 0.15) is 208 Å². The molecule has 1 heterocycles. The summed E-state index contributed by atoms with van der Waals surface area (Å²) in [5, 5.41) is 43.9. The van der Waals surface area contributed by atoms with Crippen molar-refractivity contribution in [2.75, 3.05) is 13.2 Å². The first kappa shape index (κ1) is 72.3. The van der Waals surface area contributed by atoms with Gasteiger partial charge < -0.3 is 59.1 Å². The average Bonchev–Trinajstić information content (AvgIpc) is 0.757. The van der Waals surface area contributed by atoms with Gasteiger partial charge in [-0.05, 0) is 155 Å². The third kappa shape index (κ3) is 13.6. The number of ketones is 1. The Morgan fingerprint density at radius 2 is 1.50 bits per heavy atom. The van der Waals surface area contributed by atoms with Gasteiger partial charge in [0.1, 0.15) is 54.3 Å². The topological polar surface area (TPSA) is 286 Å². The number of carbonyl (C=O) groups excluding carboxylic acids is 8. The smallest absolute Gasteiger partial charge is 0.408 e. The Labute approximate surface area is 565 Å². The van der Waals surface area contributed by atoms with Gasteiger partial charge in [-0.1, -0.05) is 128 Å². The van der Waals surface area contributed by atoms with Crippen LogP contribution >= 0.6 is 0 Å². The van der Waals surface area contributed by atoms with E-state index in [1.165, 1.54) is 90.3 Å². The molecular weight excluding hydrogens is 1230 g/mol. The predicted octanol–water partition coefficient (Wildman–Crippen LogP) is 10.7. The van der Waals surface area contributed by atoms with Gasteiger partial charge in [0, 0.05) is 38.0 Å². The molecular formula is C76H104N2O18. The SMILES string of the molecule is CC(=O)O[C@@]12CO[C@@H]1C[C@H](O)[C@@]1(C)C(=O)[C@H](O)C3=C(C)[C@@H](OC(=O)[C@H](OC(=O)CCC(=O)NCC(=O)O[C@H]4CC[C@@]5(C)C(=CCC6C5CC[C@@]5(C)C6CC[C@@H]5[C@H](C)CCCC(C)C)C4)[C@@H](NC(=O)OC(C)(C)C)c4ccccc4)C[C@@](O)([C@@H](OC(=O)c4ccccc4)[C@H]21)C3(C)C. The third-order valence-electron chi connectivity index (χ3n) is 24.3. The molecule has 3 unspecified atom stereocenters. The van der Waals surface area contributed by atoms with Crippen LogP contribution in [-0.4, -0.2) is 136 Å². The highest BCUT2D eigenvalue weighted by Crippen LogP contribution is 2.68. The molecule has 526 valence electrons. The van der Waals surface area contributed by atoms with Crippen molar-refractivity contribution >= 4 is 47.6 Å². The summed E-state index contributed by atoms with van der Waals surface area (Å²) < 4.78 is 42.5. The second kappa shape index (κ2) is 27.7. The van der Waals surface area contributed by atoms with E-state index in [1.54, 1.807) is 69.3 Å². The summed E-state index contributed by atoms with van der Waals surface area (Å²) in [7, 11) is 0. The molecule has 19 atom stereocenters. The van der Waals surface area contributed by atoms with Crippen LogP contribution in [0.4, 0.5) is 4.79 Å². The van der Waals surface area contributed by atoms with Gasteiger partial charge in [-0.15, -0.1) is 0 Å². The Morgan fingerprint density at radius 3 is 2.15 bits per heavy atom. The maximum atomic E-state index is 15.4. The van der Waals surface area contributed by atoms with Crippen LogP contribution in [0.5, 0.6) is 0 Å². The summed E-state index contributed by atoms with van der Waals surface area (Å²) in [4.78, 5) is 114. The Balaban J connectivity index is 0.857. The molecule has 10 rings (SSSR count). The highest BCUT2D eigenvalue weighted by atomic mass is 16.6. The summed E-state index contributed by atoms with van der Waals surface area (Å²) >= 11 is 0. The zero-order valence-electron chi connectivity index (χ0n) is 58.5. The number of amides is 2. The summed E-state index contributed by atoms with van der Waals surface area (Å²) in [6, 6.07) is 14.2. The van der Waals surface area contributed by atoms with Gasteiger partial charge in [0.15, 0.2) is 11.4 Å². The molecule has 2 aromatic rings. The Bertz CT molecular complexity index is 3340. The molecule has 6 fully saturated rings. The monoisotopic (exact) mass is 1330 g/mol. The lowest BCUT2D eigenvalue weighted by Gasteiger charge is -2.67. The van der Waals surface area contributed by atoms with Gasteiger partial charge in [-0.2, -0.15) is 0 Å². The minimum absolute atomic E-state index is 0.0330. The van der Waals surface area contributed by atoms with Crippen LogP contribution in [-0.2, 0) is 61.9 Å². The van der Waals surface area contributed by atoms with Crippen LogP contribution < -0.4 is 10.6 Å². The minimum atomic E-state index is -2.49. The number of rotatable bonds is 20. The highest BCUT2D eigenvalue weighted by molar-refractivity contribution is 5.94. The predicted molar refractivity (Wildman–Crippen MR) is 353 cm³/mol. The number of hydrogen-bond acceptors (Lipinski definition) is 18. The quantitative estimate of drug-likeness (QED) is 0.0468. The van der Waals surface area contributed by atoms with Crippen LogP contribution in [0, 0.1) is 63.1 Å². The molecule has 1 aliphatic heterocycles. The average molecular weight is 1330 g/mol. The second-order valence-electron chi connectivity index (χ2n) is 32.0. The number of alkyl carbamates (subject to hydrolysis) is 1. The molecule has 8 aliphatic rings. The van der Waals surface area contributed by atoms with Crippen molar-refractivity contribution in [1.29, 1.82) is 0 Å². The highest BCUT2D eigenvalue weighted by Gasteiger charge is 2.78. The fraction of sp³-hybridized carbons (Fsp3) is 0.684. The molecule has 1 saturated heterocycles. The zero-order chi connectivity index (χ0) is 69.8. The van der Waals surface area contributed by atoms with Gasteiger partial charge in [0.05, 0.1) is 36.0 Å². The Kier molecular flexibility index (Phi) is 20.8. The van der Waals surface area contributed by atoms with Crippen molar-refractivity contribution in [3.8, 4) is 0 Å². The maximum Gasteiger partial charge on any atom is 0.408 e. The van der Waals surface area contributed by atoms with E-state index >= 15 is 9.59 Å². The van der Waals surface area contributed by atoms with Gasteiger partial charge in [-0.25, -0.2) is 14.4 Å². The zero-order valence-corrected chi connectivity index (χ0v) is 58.5. The summed E-state index contributed by atoms with van der Waals surface area (Å²) in [5.74, 6) is -3.90. The lowest BCUT2D eigenvalue weighted by atomic mass is 9.44. The molecule has 2 aromatic carbocycles. The van der Waals surface area contributed by atoms with Crippen molar-refractivity contribution < 1.29 is 86.8 Å². The van der Waals surface area contributed by atoms with Crippen molar-refractivity contribution in [2.24, 2.45) is 63.1 Å². The van der Waals surface area contributed by atoms with Crippen molar-refractivity contribution in [2.45, 2.75) is 252 Å². The number of hydrogen-bond donors (Lipinski definition) is 5. The number of benzene rings is 2. The number of fused-ring (bicyclic) bond motifs is 10. The lowest BCUT2D eigenvalue weighted by molar-refractivity contribution is -0.346. The molecule has 20 heteroatoms. The number of carbonyl (C=O) groups is 8. The van der Waals surface area contributed by atoms with E-state index in [4.69, 9.17) is 33.2 Å². The number of aliphatic hydroxyl groups is 3. The second-order valence-corrected chi connectivity index (χ2v) is 32.0. The number of ether oxygens (including phenoxy) is 7. The van der Waals surface area contributed by atoms with E-state index in [0.29, 0.717) is 30.1 Å². The molecule has 20 nitrogen and oxygen atoms in total. The van der Waals surface area contributed by atoms with Crippen LogP contribution in [0.3, 0.4) is 0 Å². The molecule has 7 aliphatic carbocycles. The molecule has 2 bridgehead atoms. The van der Waals surface area contributed by atoms with E-state index in [0.717, 1.165) is 43.4 Å². The lowest BCUT2D eigenvalue weighted by Crippen LogP contribution is -2.81. The van der Waals surface area contributed by atoms with E-state index in [2.05, 4.69) is 51.3 Å². The van der Waals surface area contributed by atoms with Crippen LogP contribution in [0.15, 0.2) is 83.5 Å². The van der Waals surface area contributed by atoms with Crippen LogP contribution in [0.25, 0.3) is 0 Å². The number of esters is 5. The number of allylic oxidation sites excluding steroid dienone is 1. The number of Topliss-reactive ketones (excluding diaryl/α,β-unsaturated/α-hetero) is 1. The van der Waals surface area contributed by atoms with Crippen molar-refractivity contribution in [1.82, 2.24) is 10.6 Å².